The Morgan fingerprint density at radius 2 is 2.00 bits per heavy atom. The molecule has 0 aliphatic carbocycles. The normalized spacial score (nSPS) is 21.2. The van der Waals surface area contributed by atoms with Crippen LogP contribution in [0.1, 0.15) is 19.8 Å². The van der Waals surface area contributed by atoms with E-state index >= 15 is 0 Å². The first-order valence-corrected chi connectivity index (χ1v) is 6.20. The van der Waals surface area contributed by atoms with Crippen LogP contribution in [0.5, 0.6) is 0 Å². The molecule has 94 valence electrons. The molecule has 1 unspecified atom stereocenters. The maximum absolute atomic E-state index is 7.40. The molecule has 1 fully saturated rings. The van der Waals surface area contributed by atoms with Gasteiger partial charge in [-0.2, -0.15) is 0 Å². The quantitative estimate of drug-likeness (QED) is 0.539. The Hall–Kier alpha value is -0.610. The summed E-state index contributed by atoms with van der Waals surface area (Å²) >= 11 is 0. The molecule has 1 atom stereocenters. The van der Waals surface area contributed by atoms with Crippen LogP contribution >= 0.6 is 0 Å². The second kappa shape index (κ2) is 6.21. The number of nitrogens with zero attached hydrogens (tertiary/aromatic N) is 2. The van der Waals surface area contributed by atoms with Crippen LogP contribution in [0.15, 0.2) is 0 Å². The summed E-state index contributed by atoms with van der Waals surface area (Å²) in [6, 6.07) is 0. The number of nitrogens with one attached hydrogen (secondary N) is 1. The summed E-state index contributed by atoms with van der Waals surface area (Å²) in [7, 11) is 4.29. The SMILES string of the molecule is CC(CN1CCC(CN(C)C)CC1)C(=N)N. The largest absolute Gasteiger partial charge is 0.387 e. The van der Waals surface area contributed by atoms with Crippen molar-refractivity contribution in [1.82, 2.24) is 9.80 Å². The second-order valence-corrected chi connectivity index (χ2v) is 5.36. The number of piperidine rings is 1. The van der Waals surface area contributed by atoms with Crippen LogP contribution in [-0.4, -0.2) is 55.9 Å². The molecule has 1 rings (SSSR count). The average Bonchev–Trinajstić information content (AvgIpc) is 2.20. The maximum atomic E-state index is 7.40. The third-order valence-corrected chi connectivity index (χ3v) is 3.39. The highest BCUT2D eigenvalue weighted by molar-refractivity contribution is 5.79. The minimum Gasteiger partial charge on any atom is -0.387 e. The summed E-state index contributed by atoms with van der Waals surface area (Å²) in [6.45, 7) is 6.51. The predicted octanol–water partition coefficient (Wildman–Crippen LogP) is 0.832. The molecule has 1 aliphatic rings. The molecule has 1 heterocycles. The zero-order valence-electron chi connectivity index (χ0n) is 10.9. The number of nitrogens with two attached hydrogens (primary N) is 1. The van der Waals surface area contributed by atoms with E-state index in [1.165, 1.54) is 19.4 Å². The zero-order valence-corrected chi connectivity index (χ0v) is 10.9. The summed E-state index contributed by atoms with van der Waals surface area (Å²) in [5.41, 5.74) is 5.50. The van der Waals surface area contributed by atoms with Gasteiger partial charge in [-0.15, -0.1) is 0 Å². The fraction of sp³-hybridized carbons (Fsp3) is 0.917. The first kappa shape index (κ1) is 13.5. The van der Waals surface area contributed by atoms with E-state index in [0.29, 0.717) is 5.84 Å². The van der Waals surface area contributed by atoms with E-state index in [2.05, 4.69) is 23.9 Å². The van der Waals surface area contributed by atoms with Gasteiger partial charge < -0.3 is 15.5 Å². The topological polar surface area (TPSA) is 56.4 Å². The van der Waals surface area contributed by atoms with Crippen molar-refractivity contribution >= 4 is 5.84 Å². The number of rotatable bonds is 5. The monoisotopic (exact) mass is 226 g/mol. The van der Waals surface area contributed by atoms with Gasteiger partial charge in [-0.25, -0.2) is 0 Å². The molecule has 1 saturated heterocycles. The standard InChI is InChI=1S/C12H26N4/c1-10(12(13)14)8-16-6-4-11(5-7-16)9-15(2)3/h10-11H,4-9H2,1-3H3,(H3,13,14). The van der Waals surface area contributed by atoms with Gasteiger partial charge in [0.1, 0.15) is 0 Å². The third-order valence-electron chi connectivity index (χ3n) is 3.39. The highest BCUT2D eigenvalue weighted by atomic mass is 15.1. The van der Waals surface area contributed by atoms with Gasteiger partial charge in [0.2, 0.25) is 0 Å². The minimum absolute atomic E-state index is 0.199. The summed E-state index contributed by atoms with van der Waals surface area (Å²) in [5, 5.41) is 7.40. The number of amidine groups is 1. The first-order chi connectivity index (χ1) is 7.49. The Bertz CT molecular complexity index is 219. The van der Waals surface area contributed by atoms with Crippen molar-refractivity contribution in [3.63, 3.8) is 0 Å². The van der Waals surface area contributed by atoms with Gasteiger partial charge in [0.15, 0.2) is 0 Å². The molecular weight excluding hydrogens is 200 g/mol. The van der Waals surface area contributed by atoms with Gasteiger partial charge >= 0.3 is 0 Å². The average molecular weight is 226 g/mol. The lowest BCUT2D eigenvalue weighted by molar-refractivity contribution is 0.156. The third kappa shape index (κ3) is 4.49. The fourth-order valence-electron chi connectivity index (χ4n) is 2.35. The van der Waals surface area contributed by atoms with Gasteiger partial charge in [-0.1, -0.05) is 6.92 Å². The first-order valence-electron chi connectivity index (χ1n) is 6.20. The Morgan fingerprint density at radius 1 is 1.44 bits per heavy atom. The van der Waals surface area contributed by atoms with Crippen molar-refractivity contribution in [2.45, 2.75) is 19.8 Å². The molecule has 4 heteroatoms. The molecule has 1 aliphatic heterocycles. The van der Waals surface area contributed by atoms with Crippen molar-refractivity contribution in [1.29, 1.82) is 5.41 Å². The van der Waals surface area contributed by atoms with Gasteiger partial charge in [-0.3, -0.25) is 5.41 Å². The zero-order chi connectivity index (χ0) is 12.1. The van der Waals surface area contributed by atoms with Crippen LogP contribution in [0.25, 0.3) is 0 Å². The molecule has 3 N–H and O–H groups in total. The Morgan fingerprint density at radius 3 is 2.44 bits per heavy atom. The molecule has 0 aromatic rings. The van der Waals surface area contributed by atoms with Crippen LogP contribution in [0.4, 0.5) is 0 Å². The van der Waals surface area contributed by atoms with Crippen LogP contribution in [0, 0.1) is 17.2 Å². The van der Waals surface area contributed by atoms with Crippen LogP contribution in [0.2, 0.25) is 0 Å². The van der Waals surface area contributed by atoms with Crippen molar-refractivity contribution in [2.75, 3.05) is 40.3 Å². The minimum atomic E-state index is 0.199. The lowest BCUT2D eigenvalue weighted by atomic mass is 9.95. The van der Waals surface area contributed by atoms with E-state index in [1.807, 2.05) is 6.92 Å². The Kier molecular flexibility index (Phi) is 5.22. The molecule has 0 bridgehead atoms. The van der Waals surface area contributed by atoms with Crippen LogP contribution in [0.3, 0.4) is 0 Å². The van der Waals surface area contributed by atoms with Crippen LogP contribution < -0.4 is 5.73 Å². The Balaban J connectivity index is 2.24. The molecule has 0 radical (unpaired) electrons. The van der Waals surface area contributed by atoms with E-state index in [9.17, 15) is 0 Å². The lowest BCUT2D eigenvalue weighted by Gasteiger charge is -2.34. The van der Waals surface area contributed by atoms with E-state index in [-0.39, 0.29) is 5.92 Å². The predicted molar refractivity (Wildman–Crippen MR) is 68.8 cm³/mol. The fourth-order valence-corrected chi connectivity index (χ4v) is 2.35. The van der Waals surface area contributed by atoms with E-state index < -0.39 is 0 Å². The van der Waals surface area contributed by atoms with Gasteiger partial charge in [0.05, 0.1) is 5.84 Å². The molecule has 0 aromatic carbocycles. The summed E-state index contributed by atoms with van der Waals surface area (Å²) in [5.74, 6) is 1.36. The summed E-state index contributed by atoms with van der Waals surface area (Å²) in [4.78, 5) is 4.72. The van der Waals surface area contributed by atoms with E-state index in [0.717, 1.165) is 25.6 Å². The van der Waals surface area contributed by atoms with Crippen molar-refractivity contribution < 1.29 is 0 Å². The second-order valence-electron chi connectivity index (χ2n) is 5.36. The molecule has 0 spiro atoms. The number of hydrogen-bond donors (Lipinski definition) is 2. The molecular formula is C12H26N4. The highest BCUT2D eigenvalue weighted by Crippen LogP contribution is 2.18. The highest BCUT2D eigenvalue weighted by Gasteiger charge is 2.21. The van der Waals surface area contributed by atoms with Crippen molar-refractivity contribution in [3.8, 4) is 0 Å². The van der Waals surface area contributed by atoms with Crippen molar-refractivity contribution in [2.24, 2.45) is 17.6 Å². The number of likely N-dealkylation sites (tertiary alicyclic amines) is 1. The molecule has 0 saturated carbocycles. The number of hydrogen-bond acceptors (Lipinski definition) is 3. The summed E-state index contributed by atoms with van der Waals surface area (Å²) in [6.07, 6.45) is 2.56. The van der Waals surface area contributed by atoms with E-state index in [4.69, 9.17) is 11.1 Å². The van der Waals surface area contributed by atoms with Gasteiger partial charge in [0, 0.05) is 19.0 Å². The molecule has 16 heavy (non-hydrogen) atoms. The lowest BCUT2D eigenvalue weighted by Crippen LogP contribution is -2.41. The van der Waals surface area contributed by atoms with Crippen molar-refractivity contribution in [3.05, 3.63) is 0 Å². The Labute approximate surface area is 99.3 Å². The maximum Gasteiger partial charge on any atom is 0.0947 e. The summed E-state index contributed by atoms with van der Waals surface area (Å²) < 4.78 is 0. The van der Waals surface area contributed by atoms with E-state index in [1.54, 1.807) is 0 Å². The van der Waals surface area contributed by atoms with Gasteiger partial charge in [0.25, 0.3) is 0 Å². The smallest absolute Gasteiger partial charge is 0.0947 e. The molecule has 0 aromatic heterocycles. The molecule has 4 nitrogen and oxygen atoms in total. The molecule has 0 amide bonds. The van der Waals surface area contributed by atoms with Crippen LogP contribution in [-0.2, 0) is 0 Å². The van der Waals surface area contributed by atoms with Gasteiger partial charge in [-0.05, 0) is 45.9 Å².